The van der Waals surface area contributed by atoms with Gasteiger partial charge in [-0.25, -0.2) is 0 Å². The molecule has 3 aromatic carbocycles. The van der Waals surface area contributed by atoms with Gasteiger partial charge in [0, 0.05) is 78.4 Å². The molecule has 0 bridgehead atoms. The minimum Gasteiger partial charge on any atom is -0.456 e. The van der Waals surface area contributed by atoms with Crippen molar-refractivity contribution in [3.63, 3.8) is 0 Å². The molecule has 0 radical (unpaired) electrons. The topological polar surface area (TPSA) is 91.7 Å². The highest BCUT2D eigenvalue weighted by Crippen LogP contribution is 2.58. The van der Waals surface area contributed by atoms with E-state index in [1.165, 1.54) is 0 Å². The molecule has 0 saturated carbocycles. The van der Waals surface area contributed by atoms with Crippen LogP contribution in [0.15, 0.2) is 90.2 Å². The number of ether oxygens (including phenoxy) is 1. The van der Waals surface area contributed by atoms with E-state index in [1.807, 2.05) is 60.5 Å². The largest absolute Gasteiger partial charge is 0.456 e. The van der Waals surface area contributed by atoms with E-state index in [2.05, 4.69) is 78.6 Å². The van der Waals surface area contributed by atoms with Crippen LogP contribution in [0.3, 0.4) is 0 Å². The number of nitrogens with one attached hydrogen (secondary N) is 2. The van der Waals surface area contributed by atoms with Crippen molar-refractivity contribution >= 4 is 23.5 Å². The summed E-state index contributed by atoms with van der Waals surface area (Å²) in [7, 11) is 0. The van der Waals surface area contributed by atoms with Crippen LogP contribution in [0, 0.1) is 20.8 Å². The smallest absolute Gasteiger partial charge is 0.255 e. The van der Waals surface area contributed by atoms with Crippen molar-refractivity contribution in [3.05, 3.63) is 130 Å². The molecule has 7 rings (SSSR count). The lowest BCUT2D eigenvalue weighted by Gasteiger charge is -2.44. The summed E-state index contributed by atoms with van der Waals surface area (Å²) in [6.07, 6.45) is 5.43. The molecule has 8 nitrogen and oxygen atoms in total. The third-order valence-corrected chi connectivity index (χ3v) is 9.24. The average Bonchev–Trinajstić information content (AvgIpc) is 3.33. The maximum Gasteiger partial charge on any atom is 0.255 e. The number of hydrogen-bond donors (Lipinski definition) is 2. The molecule has 2 aliphatic heterocycles. The number of fused-ring (bicyclic) bond motifs is 6. The highest BCUT2D eigenvalue weighted by atomic mass is 16.5. The van der Waals surface area contributed by atoms with E-state index in [1.54, 1.807) is 12.4 Å². The van der Waals surface area contributed by atoms with E-state index in [4.69, 9.17) is 9.73 Å². The molecule has 2 aliphatic rings. The normalized spacial score (nSPS) is 14.1. The van der Waals surface area contributed by atoms with Gasteiger partial charge in [-0.05, 0) is 105 Å². The summed E-state index contributed by atoms with van der Waals surface area (Å²) in [6.45, 7) is 12.8. The number of rotatable bonds is 9. The highest BCUT2D eigenvalue weighted by Gasteiger charge is 2.56. The molecule has 0 saturated heterocycles. The van der Waals surface area contributed by atoms with Crippen LogP contribution in [0.5, 0.6) is 11.5 Å². The van der Waals surface area contributed by atoms with Crippen molar-refractivity contribution in [3.8, 4) is 22.9 Å². The number of anilines is 2. The third-order valence-electron chi connectivity index (χ3n) is 9.24. The third kappa shape index (κ3) is 5.18. The van der Waals surface area contributed by atoms with Gasteiger partial charge in [0.05, 0.1) is 17.9 Å². The second-order valence-corrected chi connectivity index (χ2v) is 12.4. The Hall–Kier alpha value is -5.50. The Kier molecular flexibility index (Phi) is 8.17. The quantitative estimate of drug-likeness (QED) is 0.160. The molecule has 1 spiro atoms. The van der Waals surface area contributed by atoms with Crippen LogP contribution in [0.2, 0.25) is 0 Å². The lowest BCUT2D eigenvalue weighted by molar-refractivity contribution is 0.0673. The van der Waals surface area contributed by atoms with Gasteiger partial charge < -0.3 is 20.3 Å². The van der Waals surface area contributed by atoms with Crippen LogP contribution < -0.4 is 15.4 Å². The molecule has 1 amide bonds. The molecule has 4 heterocycles. The predicted octanol–water partition coefficient (Wildman–Crippen LogP) is 7.90. The van der Waals surface area contributed by atoms with E-state index in [-0.39, 0.29) is 5.91 Å². The molecule has 48 heavy (non-hydrogen) atoms. The summed E-state index contributed by atoms with van der Waals surface area (Å²) in [6, 6.07) is 24.4. The van der Waals surface area contributed by atoms with Crippen LogP contribution >= 0.6 is 0 Å². The monoisotopic (exact) mass is 636 g/mol. The second-order valence-electron chi connectivity index (χ2n) is 12.4. The van der Waals surface area contributed by atoms with Gasteiger partial charge in [-0.1, -0.05) is 18.2 Å². The predicted molar refractivity (Wildman–Crippen MR) is 193 cm³/mol. The first-order chi connectivity index (χ1) is 23.3. The Labute approximate surface area is 281 Å². The van der Waals surface area contributed by atoms with Crippen LogP contribution in [0.25, 0.3) is 11.4 Å². The molecule has 2 N–H and O–H groups in total. The van der Waals surface area contributed by atoms with E-state index >= 15 is 0 Å². The number of amides is 1. The minimum absolute atomic E-state index is 0.0156. The number of aromatic nitrogens is 2. The van der Waals surface area contributed by atoms with E-state index in [0.29, 0.717) is 18.7 Å². The van der Waals surface area contributed by atoms with Crippen molar-refractivity contribution in [2.24, 2.45) is 4.99 Å². The van der Waals surface area contributed by atoms with Crippen molar-refractivity contribution in [2.45, 2.75) is 40.2 Å². The number of pyridine rings is 2. The fraction of sp³-hybridized carbons (Fsp3) is 0.250. The SMILES string of the molecule is CCNc1cc2c(cc1C)C1(c3cc(C)c(NCC)cc3O2)c2ccccc2C(=O)N1CCN=Cc1ccnc(-c2cc(C)ccn2)c1. The standard InChI is InChI=1S/C40H40N6O2/c1-6-42-33-22-37-31(19-26(33)4)40(32-20-27(5)34(43-7-2)23-38(32)48-37)30-11-9-8-10-29(30)39(47)46(40)17-16-41-24-28-13-15-45-36(21-28)35-18-25(3)12-14-44-35/h8-15,18-24,42-43H,6-7,16-17H2,1-5H3. The average molecular weight is 637 g/mol. The lowest BCUT2D eigenvalue weighted by Crippen LogP contribution is -2.48. The van der Waals surface area contributed by atoms with Gasteiger partial charge in [-0.3, -0.25) is 19.8 Å². The number of nitrogens with zero attached hydrogens (tertiary/aromatic N) is 4. The zero-order chi connectivity index (χ0) is 33.4. The Morgan fingerprint density at radius 3 is 2.06 bits per heavy atom. The number of carbonyl (C=O) groups excluding carboxylic acids is 1. The van der Waals surface area contributed by atoms with Crippen molar-refractivity contribution in [2.75, 3.05) is 36.8 Å². The lowest BCUT2D eigenvalue weighted by atomic mass is 9.73. The van der Waals surface area contributed by atoms with Crippen molar-refractivity contribution in [1.82, 2.24) is 14.9 Å². The van der Waals surface area contributed by atoms with Gasteiger partial charge in [0.25, 0.3) is 5.91 Å². The van der Waals surface area contributed by atoms with Gasteiger partial charge in [0.1, 0.15) is 17.0 Å². The fourth-order valence-electron chi connectivity index (χ4n) is 7.09. The summed E-state index contributed by atoms with van der Waals surface area (Å²) in [4.78, 5) is 30.3. The molecular weight excluding hydrogens is 596 g/mol. The Morgan fingerprint density at radius 2 is 1.42 bits per heavy atom. The maximum absolute atomic E-state index is 14.5. The number of aliphatic imine (C=N–C) groups is 1. The summed E-state index contributed by atoms with van der Waals surface area (Å²) in [5.41, 5.74) is 10.6. The summed E-state index contributed by atoms with van der Waals surface area (Å²) in [5, 5.41) is 6.97. The molecular formula is C40H40N6O2. The van der Waals surface area contributed by atoms with Crippen LogP contribution in [-0.4, -0.2) is 53.2 Å². The summed E-state index contributed by atoms with van der Waals surface area (Å²) >= 11 is 0. The maximum atomic E-state index is 14.5. The van der Waals surface area contributed by atoms with Gasteiger partial charge in [0.2, 0.25) is 0 Å². The Morgan fingerprint density at radius 1 is 0.792 bits per heavy atom. The Bertz CT molecular complexity index is 2010. The molecule has 2 aromatic heterocycles. The van der Waals surface area contributed by atoms with E-state index < -0.39 is 5.54 Å². The van der Waals surface area contributed by atoms with Crippen LogP contribution in [-0.2, 0) is 5.54 Å². The molecule has 0 unspecified atom stereocenters. The van der Waals surface area contributed by atoms with Gasteiger partial charge in [-0.15, -0.1) is 0 Å². The molecule has 242 valence electrons. The zero-order valence-electron chi connectivity index (χ0n) is 28.1. The molecule has 5 aromatic rings. The minimum atomic E-state index is -0.891. The molecule has 0 aliphatic carbocycles. The van der Waals surface area contributed by atoms with Gasteiger partial charge in [0.15, 0.2) is 0 Å². The number of aryl methyl sites for hydroxylation is 3. The van der Waals surface area contributed by atoms with Gasteiger partial charge in [-0.2, -0.15) is 0 Å². The van der Waals surface area contributed by atoms with Crippen molar-refractivity contribution in [1.29, 1.82) is 0 Å². The fourth-order valence-corrected chi connectivity index (χ4v) is 7.09. The summed E-state index contributed by atoms with van der Waals surface area (Å²) < 4.78 is 6.73. The van der Waals surface area contributed by atoms with Crippen LogP contribution in [0.4, 0.5) is 11.4 Å². The molecule has 0 fully saturated rings. The van der Waals surface area contributed by atoms with E-state index in [0.717, 1.165) is 86.3 Å². The first-order valence-corrected chi connectivity index (χ1v) is 16.6. The first-order valence-electron chi connectivity index (χ1n) is 16.6. The van der Waals surface area contributed by atoms with E-state index in [9.17, 15) is 4.79 Å². The molecule has 0 atom stereocenters. The zero-order valence-corrected chi connectivity index (χ0v) is 28.1. The number of benzene rings is 3. The summed E-state index contributed by atoms with van der Waals surface area (Å²) in [5.74, 6) is 1.46. The van der Waals surface area contributed by atoms with Crippen molar-refractivity contribution < 1.29 is 9.53 Å². The Balaban J connectivity index is 1.32. The van der Waals surface area contributed by atoms with Gasteiger partial charge >= 0.3 is 0 Å². The number of carbonyl (C=O) groups is 1. The second kappa shape index (κ2) is 12.6. The van der Waals surface area contributed by atoms with Crippen LogP contribution in [0.1, 0.15) is 63.1 Å². The first kappa shape index (κ1) is 31.1. The highest BCUT2D eigenvalue weighted by molar-refractivity contribution is 6.02. The molecule has 8 heteroatoms. The number of hydrogen-bond acceptors (Lipinski definition) is 7.